The average Bonchev–Trinajstić information content (AvgIpc) is 3.29. The van der Waals surface area contributed by atoms with Gasteiger partial charge in [-0.05, 0) is 48.4 Å². The van der Waals surface area contributed by atoms with Crippen LogP contribution in [0, 0.1) is 0 Å². The molecule has 0 aromatic heterocycles. The summed E-state index contributed by atoms with van der Waals surface area (Å²) in [5.74, 6) is 0.190. The molecule has 1 N–H and O–H groups in total. The number of aliphatic hydroxyl groups is 1. The zero-order chi connectivity index (χ0) is 31.0. The molecule has 0 spiro atoms. The van der Waals surface area contributed by atoms with Crippen LogP contribution in [0.1, 0.15) is 114 Å². The number of unbranched alkanes of at least 4 members (excludes halogenated alkanes) is 13. The van der Waals surface area contributed by atoms with Gasteiger partial charge < -0.3 is 24.2 Å². The highest BCUT2D eigenvalue weighted by Crippen LogP contribution is 2.42. The maximum atomic E-state index is 13.4. The van der Waals surface area contributed by atoms with Gasteiger partial charge in [0, 0.05) is 12.1 Å². The van der Waals surface area contributed by atoms with E-state index in [4.69, 9.17) is 14.2 Å². The van der Waals surface area contributed by atoms with Crippen molar-refractivity contribution in [1.82, 2.24) is 4.90 Å². The van der Waals surface area contributed by atoms with Crippen LogP contribution < -0.4 is 14.2 Å². The largest absolute Gasteiger partial charge is 0.507 e. The lowest BCUT2D eigenvalue weighted by molar-refractivity contribution is -0.139. The van der Waals surface area contributed by atoms with Gasteiger partial charge in [0.25, 0.3) is 11.7 Å². The van der Waals surface area contributed by atoms with Crippen LogP contribution in [-0.4, -0.2) is 49.6 Å². The molecule has 1 fully saturated rings. The van der Waals surface area contributed by atoms with E-state index in [1.807, 2.05) is 6.07 Å². The van der Waals surface area contributed by atoms with Crippen LogP contribution in [0.5, 0.6) is 17.2 Å². The Balaban J connectivity index is 1.63. The van der Waals surface area contributed by atoms with Crippen LogP contribution >= 0.6 is 0 Å². The number of carbonyl (C=O) groups is 2. The Bertz CT molecular complexity index is 1190. The number of methoxy groups -OCH3 is 3. The zero-order valence-electron chi connectivity index (χ0n) is 26.7. The number of Topliss-reactive ketones (excluding diaryl/α,β-unsaturated/α-hetero) is 1. The number of ether oxygens (including phenoxy) is 3. The molecule has 1 amide bonds. The fraction of sp³-hybridized carbons (Fsp3) is 0.556. The van der Waals surface area contributed by atoms with Gasteiger partial charge in [0.15, 0.2) is 11.5 Å². The predicted molar refractivity (Wildman–Crippen MR) is 172 cm³/mol. The molecular weight excluding hydrogens is 542 g/mol. The first-order valence-electron chi connectivity index (χ1n) is 16.1. The molecule has 7 nitrogen and oxygen atoms in total. The number of carbonyl (C=O) groups excluding carboxylic acids is 2. The summed E-state index contributed by atoms with van der Waals surface area (Å²) < 4.78 is 16.1. The summed E-state index contributed by atoms with van der Waals surface area (Å²) in [5, 5.41) is 11.3. The van der Waals surface area contributed by atoms with E-state index in [-0.39, 0.29) is 11.3 Å². The first kappa shape index (κ1) is 34.0. The molecule has 0 bridgehead atoms. The standard InChI is InChI=1S/C36H51NO6/c1-5-6-7-8-9-10-11-12-13-14-15-16-17-18-25-37-33(28-21-24-30(42-3)31(26-28)43-4)32(35(39)36(37)40)34(38)27-19-22-29(41-2)23-20-27/h19-24,26,33,38H,5-18,25H2,1-4H3/t33-/m1/s1. The van der Waals surface area contributed by atoms with Gasteiger partial charge >= 0.3 is 0 Å². The molecule has 2 aromatic rings. The van der Waals surface area contributed by atoms with Crippen molar-refractivity contribution >= 4 is 17.4 Å². The number of aliphatic hydroxyl groups excluding tert-OH is 1. The SMILES string of the molecule is CCCCCCCCCCCCCCCCN1C(=O)C(=O)C(=C(O)c2ccc(OC)cc2)[C@H]1c1ccc(OC)c(OC)c1. The molecule has 3 rings (SSSR count). The van der Waals surface area contributed by atoms with Crippen molar-refractivity contribution in [3.8, 4) is 17.2 Å². The van der Waals surface area contributed by atoms with E-state index in [9.17, 15) is 14.7 Å². The van der Waals surface area contributed by atoms with E-state index < -0.39 is 17.7 Å². The van der Waals surface area contributed by atoms with Gasteiger partial charge in [-0.1, -0.05) is 96.5 Å². The zero-order valence-corrected chi connectivity index (χ0v) is 26.7. The fourth-order valence-corrected chi connectivity index (χ4v) is 5.86. The smallest absolute Gasteiger partial charge is 0.295 e. The summed E-state index contributed by atoms with van der Waals surface area (Å²) in [7, 11) is 4.67. The highest BCUT2D eigenvalue weighted by molar-refractivity contribution is 6.46. The van der Waals surface area contributed by atoms with Gasteiger partial charge in [0.2, 0.25) is 0 Å². The van der Waals surface area contributed by atoms with Gasteiger partial charge in [0.05, 0.1) is 32.9 Å². The molecule has 0 unspecified atom stereocenters. The third kappa shape index (κ3) is 9.50. The molecule has 0 saturated carbocycles. The van der Waals surface area contributed by atoms with Crippen LogP contribution in [0.4, 0.5) is 0 Å². The number of hydrogen-bond acceptors (Lipinski definition) is 6. The second kappa shape index (κ2) is 18.2. The van der Waals surface area contributed by atoms with E-state index in [2.05, 4.69) is 6.92 Å². The third-order valence-corrected chi connectivity index (χ3v) is 8.38. The summed E-state index contributed by atoms with van der Waals surface area (Å²) in [6.45, 7) is 2.69. The Kier molecular flexibility index (Phi) is 14.4. The van der Waals surface area contributed by atoms with Gasteiger partial charge in [0.1, 0.15) is 11.5 Å². The van der Waals surface area contributed by atoms with Gasteiger partial charge in [-0.15, -0.1) is 0 Å². The highest BCUT2D eigenvalue weighted by Gasteiger charge is 2.46. The lowest BCUT2D eigenvalue weighted by Crippen LogP contribution is -2.30. The Morgan fingerprint density at radius 3 is 1.74 bits per heavy atom. The Labute approximate surface area is 258 Å². The summed E-state index contributed by atoms with van der Waals surface area (Å²) >= 11 is 0. The Morgan fingerprint density at radius 1 is 0.698 bits per heavy atom. The van der Waals surface area contributed by atoms with Crippen molar-refractivity contribution in [3.05, 3.63) is 59.2 Å². The van der Waals surface area contributed by atoms with E-state index in [0.29, 0.717) is 34.9 Å². The van der Waals surface area contributed by atoms with Gasteiger partial charge in [-0.25, -0.2) is 0 Å². The minimum Gasteiger partial charge on any atom is -0.507 e. The van der Waals surface area contributed by atoms with E-state index >= 15 is 0 Å². The number of benzene rings is 2. The normalized spacial score (nSPS) is 16.1. The molecule has 1 aliphatic rings. The predicted octanol–water partition coefficient (Wildman–Crippen LogP) is 8.62. The van der Waals surface area contributed by atoms with Crippen molar-refractivity contribution < 1.29 is 28.9 Å². The van der Waals surface area contributed by atoms with E-state index in [1.165, 1.54) is 70.6 Å². The lowest BCUT2D eigenvalue weighted by atomic mass is 9.94. The summed E-state index contributed by atoms with van der Waals surface area (Å²) in [6.07, 6.45) is 17.4. The quantitative estimate of drug-likeness (QED) is 0.0716. The second-order valence-corrected chi connectivity index (χ2v) is 11.4. The minimum atomic E-state index is -0.733. The van der Waals surface area contributed by atoms with Crippen LogP contribution in [0.15, 0.2) is 48.0 Å². The molecule has 1 aliphatic heterocycles. The van der Waals surface area contributed by atoms with Crippen molar-refractivity contribution in [1.29, 1.82) is 0 Å². The van der Waals surface area contributed by atoms with Gasteiger partial charge in [-0.2, -0.15) is 0 Å². The Hall–Kier alpha value is -3.48. The minimum absolute atomic E-state index is 0.0766. The van der Waals surface area contributed by atoms with Crippen LogP contribution in [0.2, 0.25) is 0 Å². The molecule has 7 heteroatoms. The number of hydrogen-bond donors (Lipinski definition) is 1. The van der Waals surface area contributed by atoms with Crippen molar-refractivity contribution in [2.45, 2.75) is 103 Å². The molecule has 0 radical (unpaired) electrons. The molecule has 1 saturated heterocycles. The topological polar surface area (TPSA) is 85.3 Å². The molecule has 236 valence electrons. The van der Waals surface area contributed by atoms with Crippen LogP contribution in [0.25, 0.3) is 5.76 Å². The lowest BCUT2D eigenvalue weighted by Gasteiger charge is -2.26. The monoisotopic (exact) mass is 593 g/mol. The molecule has 1 atom stereocenters. The fourth-order valence-electron chi connectivity index (χ4n) is 5.86. The van der Waals surface area contributed by atoms with Crippen molar-refractivity contribution in [2.24, 2.45) is 0 Å². The molecule has 43 heavy (non-hydrogen) atoms. The van der Waals surface area contributed by atoms with Crippen LogP contribution in [-0.2, 0) is 9.59 Å². The molecule has 1 heterocycles. The Morgan fingerprint density at radius 2 is 1.23 bits per heavy atom. The number of nitrogens with zero attached hydrogens (tertiary/aromatic N) is 1. The summed E-state index contributed by atoms with van der Waals surface area (Å²) in [5.41, 5.74) is 1.20. The van der Waals surface area contributed by atoms with E-state index in [0.717, 1.165) is 19.3 Å². The summed E-state index contributed by atoms with van der Waals surface area (Å²) in [6, 6.07) is 11.4. The summed E-state index contributed by atoms with van der Waals surface area (Å²) in [4.78, 5) is 28.3. The molecule has 2 aromatic carbocycles. The van der Waals surface area contributed by atoms with E-state index in [1.54, 1.807) is 62.6 Å². The first-order valence-corrected chi connectivity index (χ1v) is 16.1. The van der Waals surface area contributed by atoms with Gasteiger partial charge in [-0.3, -0.25) is 9.59 Å². The number of rotatable bonds is 20. The maximum Gasteiger partial charge on any atom is 0.295 e. The highest BCUT2D eigenvalue weighted by atomic mass is 16.5. The average molecular weight is 594 g/mol. The third-order valence-electron chi connectivity index (χ3n) is 8.38. The van der Waals surface area contributed by atoms with Crippen molar-refractivity contribution in [2.75, 3.05) is 27.9 Å². The maximum absolute atomic E-state index is 13.4. The molecule has 0 aliphatic carbocycles. The molecular formula is C36H51NO6. The van der Waals surface area contributed by atoms with Crippen LogP contribution in [0.3, 0.4) is 0 Å². The first-order chi connectivity index (χ1) is 21.0. The number of amides is 1. The second-order valence-electron chi connectivity index (χ2n) is 11.4. The van der Waals surface area contributed by atoms with Crippen molar-refractivity contribution in [3.63, 3.8) is 0 Å². The number of ketones is 1. The number of likely N-dealkylation sites (tertiary alicyclic amines) is 1.